The van der Waals surface area contributed by atoms with E-state index in [9.17, 15) is 13.6 Å². The summed E-state index contributed by atoms with van der Waals surface area (Å²) >= 11 is 0. The van der Waals surface area contributed by atoms with Crippen molar-refractivity contribution in [2.24, 2.45) is 0 Å². The minimum Gasteiger partial charge on any atom is -0.378 e. The second kappa shape index (κ2) is 9.26. The van der Waals surface area contributed by atoms with Crippen LogP contribution in [0.15, 0.2) is 24.7 Å². The predicted octanol–water partition coefficient (Wildman–Crippen LogP) is 3.06. The number of anilines is 1. The van der Waals surface area contributed by atoms with Crippen LogP contribution in [0.1, 0.15) is 25.7 Å². The average Bonchev–Trinajstić information content (AvgIpc) is 3.24. The Bertz CT molecular complexity index is 1150. The Kier molecular flexibility index (Phi) is 6.03. The summed E-state index contributed by atoms with van der Waals surface area (Å²) in [5.41, 5.74) is 1.04. The number of hydrogen-bond acceptors (Lipinski definition) is 6. The van der Waals surface area contributed by atoms with Crippen LogP contribution in [0.2, 0.25) is 0 Å². The van der Waals surface area contributed by atoms with E-state index in [1.165, 1.54) is 6.07 Å². The van der Waals surface area contributed by atoms with Gasteiger partial charge in [0.25, 0.3) is 0 Å². The lowest BCUT2D eigenvalue weighted by atomic mass is 9.91. The highest BCUT2D eigenvalue weighted by atomic mass is 19.1. The molecule has 174 valence electrons. The molecule has 2 amide bonds. The number of halogens is 2. The van der Waals surface area contributed by atoms with Gasteiger partial charge in [-0.1, -0.05) is 0 Å². The summed E-state index contributed by atoms with van der Waals surface area (Å²) < 4.78 is 33.5. The molecule has 0 aromatic carbocycles. The second-order valence-electron chi connectivity index (χ2n) is 8.40. The molecule has 1 aliphatic carbocycles. The molecule has 0 bridgehead atoms. The number of aromatic nitrogens is 4. The average molecular weight is 457 g/mol. The van der Waals surface area contributed by atoms with Crippen molar-refractivity contribution in [2.75, 3.05) is 31.6 Å². The van der Waals surface area contributed by atoms with Crippen LogP contribution in [-0.2, 0) is 4.74 Å². The van der Waals surface area contributed by atoms with Gasteiger partial charge in [0.15, 0.2) is 17.5 Å². The van der Waals surface area contributed by atoms with E-state index in [0.29, 0.717) is 49.3 Å². The number of carbonyl (C=O) groups excluding carboxylic acids is 1. The summed E-state index contributed by atoms with van der Waals surface area (Å²) in [6.07, 6.45) is 7.14. The summed E-state index contributed by atoms with van der Waals surface area (Å²) in [6.45, 7) is 2.28. The van der Waals surface area contributed by atoms with E-state index in [1.54, 1.807) is 11.1 Å². The summed E-state index contributed by atoms with van der Waals surface area (Å²) in [7, 11) is 0. The second-order valence-corrected chi connectivity index (χ2v) is 8.40. The monoisotopic (exact) mass is 457 g/mol. The fraction of sp³-hybridized carbons (Fsp3) is 0.455. The number of nitrogens with one attached hydrogen (secondary N) is 3. The molecule has 0 radical (unpaired) electrons. The molecular weight excluding hydrogens is 432 g/mol. The maximum Gasteiger partial charge on any atom is 0.317 e. The normalized spacial score (nSPS) is 21.2. The smallest absolute Gasteiger partial charge is 0.317 e. The molecular formula is C22H25F2N7O2. The van der Waals surface area contributed by atoms with Crippen LogP contribution in [0.4, 0.5) is 19.4 Å². The summed E-state index contributed by atoms with van der Waals surface area (Å²) in [5.74, 6) is -0.687. The zero-order valence-electron chi connectivity index (χ0n) is 18.0. The highest BCUT2D eigenvalue weighted by Crippen LogP contribution is 2.28. The third kappa shape index (κ3) is 4.72. The zero-order chi connectivity index (χ0) is 22.8. The molecule has 2 atom stereocenters. The molecule has 1 aliphatic heterocycles. The molecule has 1 saturated carbocycles. The lowest BCUT2D eigenvalue weighted by Crippen LogP contribution is -2.51. The summed E-state index contributed by atoms with van der Waals surface area (Å²) in [6, 6.07) is 1.21. The number of hydrogen-bond donors (Lipinski definition) is 3. The standard InChI is InChI=1S/C22H25F2N7O2/c23-13-8-16-17(11-26-19(16)25-10-13)20-27-12-18(24)21(30-20)28-14-2-1-3-15(9-14)29-22(32)31-4-6-33-7-5-31/h8,10-12,14-15H,1-7,9H2,(H,25,26)(H,29,32)(H,27,28,30)/t14?,15-/m1/s1. The van der Waals surface area contributed by atoms with Crippen molar-refractivity contribution in [1.29, 1.82) is 0 Å². The van der Waals surface area contributed by atoms with E-state index in [2.05, 4.69) is 30.6 Å². The van der Waals surface area contributed by atoms with Gasteiger partial charge in [-0.05, 0) is 31.7 Å². The van der Waals surface area contributed by atoms with E-state index in [-0.39, 0.29) is 29.8 Å². The van der Waals surface area contributed by atoms with E-state index in [0.717, 1.165) is 31.7 Å². The molecule has 2 aliphatic rings. The molecule has 1 saturated heterocycles. The molecule has 0 spiro atoms. The van der Waals surface area contributed by atoms with Gasteiger partial charge in [-0.15, -0.1) is 0 Å². The molecule has 11 heteroatoms. The first-order chi connectivity index (χ1) is 16.1. The van der Waals surface area contributed by atoms with Gasteiger partial charge in [0.1, 0.15) is 11.5 Å². The Balaban J connectivity index is 1.28. The Morgan fingerprint density at radius 3 is 2.82 bits per heavy atom. The van der Waals surface area contributed by atoms with Crippen molar-refractivity contribution in [3.8, 4) is 11.4 Å². The Labute approximate surface area is 189 Å². The molecule has 5 rings (SSSR count). The molecule has 33 heavy (non-hydrogen) atoms. The fourth-order valence-electron chi connectivity index (χ4n) is 4.44. The van der Waals surface area contributed by atoms with Gasteiger partial charge in [-0.3, -0.25) is 0 Å². The Morgan fingerprint density at radius 1 is 1.15 bits per heavy atom. The number of carbonyl (C=O) groups is 1. The molecule has 4 heterocycles. The summed E-state index contributed by atoms with van der Waals surface area (Å²) in [4.78, 5) is 29.7. The van der Waals surface area contributed by atoms with Crippen molar-refractivity contribution >= 4 is 22.9 Å². The van der Waals surface area contributed by atoms with Gasteiger partial charge in [-0.2, -0.15) is 0 Å². The number of morpholine rings is 1. The minimum atomic E-state index is -0.567. The van der Waals surface area contributed by atoms with Crippen LogP contribution >= 0.6 is 0 Å². The number of rotatable bonds is 4. The zero-order valence-corrected chi connectivity index (χ0v) is 18.0. The summed E-state index contributed by atoms with van der Waals surface area (Å²) in [5, 5.41) is 6.80. The van der Waals surface area contributed by atoms with Crippen LogP contribution in [-0.4, -0.2) is 69.3 Å². The fourth-order valence-corrected chi connectivity index (χ4v) is 4.44. The van der Waals surface area contributed by atoms with Crippen LogP contribution in [0.25, 0.3) is 22.4 Å². The van der Waals surface area contributed by atoms with Crippen LogP contribution in [0.3, 0.4) is 0 Å². The van der Waals surface area contributed by atoms with E-state index >= 15 is 0 Å². The molecule has 2 fully saturated rings. The Hall–Kier alpha value is -3.34. The quantitative estimate of drug-likeness (QED) is 0.556. The van der Waals surface area contributed by atoms with E-state index < -0.39 is 11.6 Å². The predicted molar refractivity (Wildman–Crippen MR) is 118 cm³/mol. The number of nitrogens with zero attached hydrogens (tertiary/aromatic N) is 4. The lowest BCUT2D eigenvalue weighted by molar-refractivity contribution is 0.0521. The highest BCUT2D eigenvalue weighted by molar-refractivity contribution is 5.91. The van der Waals surface area contributed by atoms with Gasteiger partial charge >= 0.3 is 6.03 Å². The largest absolute Gasteiger partial charge is 0.378 e. The lowest BCUT2D eigenvalue weighted by Gasteiger charge is -2.33. The minimum absolute atomic E-state index is 0.00127. The maximum absolute atomic E-state index is 14.5. The Morgan fingerprint density at radius 2 is 1.97 bits per heavy atom. The van der Waals surface area contributed by atoms with Gasteiger partial charge < -0.3 is 25.3 Å². The van der Waals surface area contributed by atoms with E-state index in [4.69, 9.17) is 4.74 Å². The third-order valence-electron chi connectivity index (χ3n) is 6.12. The van der Waals surface area contributed by atoms with Crippen LogP contribution in [0.5, 0.6) is 0 Å². The molecule has 9 nitrogen and oxygen atoms in total. The first kappa shape index (κ1) is 21.5. The molecule has 3 aromatic heterocycles. The number of ether oxygens (including phenoxy) is 1. The first-order valence-electron chi connectivity index (χ1n) is 11.1. The van der Waals surface area contributed by atoms with Crippen molar-refractivity contribution in [3.05, 3.63) is 36.3 Å². The van der Waals surface area contributed by atoms with Crippen molar-refractivity contribution in [2.45, 2.75) is 37.8 Å². The third-order valence-corrected chi connectivity index (χ3v) is 6.12. The van der Waals surface area contributed by atoms with Crippen LogP contribution < -0.4 is 10.6 Å². The number of aromatic amines is 1. The van der Waals surface area contributed by atoms with Gasteiger partial charge in [-0.25, -0.2) is 28.5 Å². The van der Waals surface area contributed by atoms with E-state index in [1.807, 2.05) is 0 Å². The first-order valence-corrected chi connectivity index (χ1v) is 11.1. The maximum atomic E-state index is 14.5. The molecule has 3 aromatic rings. The number of amides is 2. The van der Waals surface area contributed by atoms with Gasteiger partial charge in [0, 0.05) is 42.3 Å². The van der Waals surface area contributed by atoms with Gasteiger partial charge in [0.2, 0.25) is 0 Å². The van der Waals surface area contributed by atoms with Crippen molar-refractivity contribution in [3.63, 3.8) is 0 Å². The molecule has 3 N–H and O–H groups in total. The molecule has 1 unspecified atom stereocenters. The number of urea groups is 1. The highest BCUT2D eigenvalue weighted by Gasteiger charge is 2.27. The van der Waals surface area contributed by atoms with Crippen molar-refractivity contribution < 1.29 is 18.3 Å². The number of pyridine rings is 1. The SMILES string of the molecule is O=C(N[C@@H]1CCCC(Nc2nc(-c3c[nH]c4ncc(F)cc34)ncc2F)C1)N1CCOCC1. The topological polar surface area (TPSA) is 108 Å². The number of H-pyrrole nitrogens is 1. The van der Waals surface area contributed by atoms with Crippen LogP contribution in [0, 0.1) is 11.6 Å². The number of fused-ring (bicyclic) bond motifs is 1. The van der Waals surface area contributed by atoms with Crippen molar-refractivity contribution in [1.82, 2.24) is 30.2 Å². The van der Waals surface area contributed by atoms with Gasteiger partial charge in [0.05, 0.1) is 25.6 Å².